The van der Waals surface area contributed by atoms with E-state index < -0.39 is 5.97 Å². The fraction of sp³-hybridized carbons (Fsp3) is 0. The van der Waals surface area contributed by atoms with Crippen molar-refractivity contribution in [2.24, 2.45) is 0 Å². The van der Waals surface area contributed by atoms with Gasteiger partial charge in [-0.05, 0) is 32.3 Å². The molecule has 2 heteroatoms. The maximum atomic E-state index is 9.25. The number of carbonyl (C=O) groups is 1. The van der Waals surface area contributed by atoms with Crippen molar-refractivity contribution in [3.8, 4) is 0 Å². The van der Waals surface area contributed by atoms with Gasteiger partial charge < -0.3 is 5.11 Å². The van der Waals surface area contributed by atoms with E-state index in [4.69, 9.17) is 5.11 Å². The smallest absolute Gasteiger partial charge is 0.327 e. The summed E-state index contributed by atoms with van der Waals surface area (Å²) in [6.07, 6.45) is 0.833. The normalized spacial score (nSPS) is 10.3. The van der Waals surface area contributed by atoms with E-state index in [2.05, 4.69) is 79.4 Å². The first-order valence-electron chi connectivity index (χ1n) is 7.36. The molecule has 0 radical (unpaired) electrons. The number of carboxylic acid groups (broad SMARTS) is 1. The number of benzene rings is 4. The Bertz CT molecular complexity index is 795. The third-order valence-corrected chi connectivity index (χ3v) is 3.83. The first kappa shape index (κ1) is 14.8. The third kappa shape index (κ3) is 2.79. The van der Waals surface area contributed by atoms with E-state index >= 15 is 0 Å². The van der Waals surface area contributed by atoms with Crippen LogP contribution in [0, 0.1) is 0 Å². The van der Waals surface area contributed by atoms with Crippen molar-refractivity contribution < 1.29 is 9.90 Å². The number of rotatable bonds is 1. The maximum Gasteiger partial charge on any atom is 0.327 e. The van der Waals surface area contributed by atoms with Gasteiger partial charge >= 0.3 is 5.97 Å². The van der Waals surface area contributed by atoms with Gasteiger partial charge in [0.1, 0.15) is 0 Å². The van der Waals surface area contributed by atoms with Crippen LogP contribution in [0.25, 0.3) is 32.3 Å². The Morgan fingerprint density at radius 2 is 0.826 bits per heavy atom. The zero-order valence-electron chi connectivity index (χ0n) is 12.6. The van der Waals surface area contributed by atoms with Crippen LogP contribution in [0.1, 0.15) is 0 Å². The summed E-state index contributed by atoms with van der Waals surface area (Å²) < 4.78 is 0. The molecule has 0 aliphatic rings. The van der Waals surface area contributed by atoms with Crippen molar-refractivity contribution in [2.75, 3.05) is 0 Å². The van der Waals surface area contributed by atoms with E-state index in [1.165, 1.54) is 32.3 Å². The van der Waals surface area contributed by atoms with Crippen LogP contribution >= 0.6 is 0 Å². The van der Waals surface area contributed by atoms with E-state index in [1.807, 2.05) is 0 Å². The minimum absolute atomic E-state index is 0.833. The molecule has 0 unspecified atom stereocenters. The van der Waals surface area contributed by atoms with Gasteiger partial charge in [0.05, 0.1) is 0 Å². The monoisotopic (exact) mass is 300 g/mol. The predicted octanol–water partition coefficient (Wildman–Crippen LogP) is 5.40. The molecule has 0 bridgehead atoms. The van der Waals surface area contributed by atoms with Crippen LogP contribution in [0.15, 0.2) is 85.5 Å². The van der Waals surface area contributed by atoms with Crippen LogP contribution in [-0.4, -0.2) is 11.1 Å². The lowest BCUT2D eigenvalue weighted by Crippen LogP contribution is -1.82. The van der Waals surface area contributed by atoms with Crippen LogP contribution in [0.2, 0.25) is 0 Å². The summed E-state index contributed by atoms with van der Waals surface area (Å²) in [5.74, 6) is -0.981. The molecule has 0 saturated carbocycles. The highest BCUT2D eigenvalue weighted by molar-refractivity contribution is 6.25. The van der Waals surface area contributed by atoms with Gasteiger partial charge in [-0.25, -0.2) is 4.79 Å². The van der Waals surface area contributed by atoms with Crippen molar-refractivity contribution in [1.29, 1.82) is 0 Å². The molecule has 23 heavy (non-hydrogen) atoms. The number of hydrogen-bond donors (Lipinski definition) is 1. The first-order valence-corrected chi connectivity index (χ1v) is 7.36. The average Bonchev–Trinajstić information content (AvgIpc) is 2.62. The predicted molar refractivity (Wildman–Crippen MR) is 96.8 cm³/mol. The number of hydrogen-bond acceptors (Lipinski definition) is 1. The van der Waals surface area contributed by atoms with Crippen molar-refractivity contribution in [2.45, 2.75) is 0 Å². The van der Waals surface area contributed by atoms with Crippen molar-refractivity contribution in [3.05, 3.63) is 85.5 Å². The van der Waals surface area contributed by atoms with E-state index in [1.54, 1.807) is 0 Å². The van der Waals surface area contributed by atoms with Crippen LogP contribution in [0.3, 0.4) is 0 Å². The molecular formula is C21H16O2. The lowest BCUT2D eigenvalue weighted by molar-refractivity contribution is -0.131. The summed E-state index contributed by atoms with van der Waals surface area (Å²) >= 11 is 0. The second kappa shape index (κ2) is 6.32. The van der Waals surface area contributed by atoms with E-state index in [-0.39, 0.29) is 0 Å². The van der Waals surface area contributed by atoms with Crippen molar-refractivity contribution in [3.63, 3.8) is 0 Å². The summed E-state index contributed by atoms with van der Waals surface area (Å²) in [4.78, 5) is 9.25. The van der Waals surface area contributed by atoms with Gasteiger partial charge in [-0.1, -0.05) is 79.4 Å². The molecule has 0 atom stereocenters. The summed E-state index contributed by atoms with van der Waals surface area (Å²) in [7, 11) is 0. The molecule has 4 aromatic rings. The van der Waals surface area contributed by atoms with Gasteiger partial charge in [0.15, 0.2) is 0 Å². The molecular weight excluding hydrogens is 284 g/mol. The highest BCUT2D eigenvalue weighted by atomic mass is 16.4. The first-order chi connectivity index (χ1) is 11.2. The molecule has 1 N–H and O–H groups in total. The molecule has 0 spiro atoms. The SMILES string of the molecule is C=CC(=O)O.c1ccc2c(c1)c1ccccc1c1ccccc21. The zero-order chi connectivity index (χ0) is 16.2. The second-order valence-electron chi connectivity index (χ2n) is 5.18. The molecule has 0 aromatic heterocycles. The van der Waals surface area contributed by atoms with Crippen LogP contribution in [0.4, 0.5) is 0 Å². The van der Waals surface area contributed by atoms with E-state index in [9.17, 15) is 4.79 Å². The average molecular weight is 300 g/mol. The molecule has 0 saturated heterocycles. The van der Waals surface area contributed by atoms with Crippen LogP contribution in [0.5, 0.6) is 0 Å². The number of fused-ring (bicyclic) bond motifs is 6. The summed E-state index contributed by atoms with van der Waals surface area (Å²) in [6, 6.07) is 26.0. The lowest BCUT2D eigenvalue weighted by atomic mass is 9.95. The fourth-order valence-electron chi connectivity index (χ4n) is 2.86. The largest absolute Gasteiger partial charge is 0.478 e. The van der Waals surface area contributed by atoms with Crippen molar-refractivity contribution >= 4 is 38.3 Å². The number of aliphatic carboxylic acids is 1. The standard InChI is InChI=1S/C18H12.C3H4O2/c1-2-8-14-13(7-1)15-9-3-4-11-17(15)18-12-6-5-10-16(14)18;1-2-3(4)5/h1-12H;2H,1H2,(H,4,5). The summed E-state index contributed by atoms with van der Waals surface area (Å²) in [6.45, 7) is 2.96. The molecule has 0 aliphatic carbocycles. The summed E-state index contributed by atoms with van der Waals surface area (Å²) in [5.41, 5.74) is 0. The van der Waals surface area contributed by atoms with E-state index in [0.717, 1.165) is 6.08 Å². The molecule has 2 nitrogen and oxygen atoms in total. The Morgan fingerprint density at radius 1 is 0.652 bits per heavy atom. The molecule has 4 rings (SSSR count). The molecule has 0 aliphatic heterocycles. The fourth-order valence-corrected chi connectivity index (χ4v) is 2.86. The van der Waals surface area contributed by atoms with Gasteiger partial charge in [0, 0.05) is 6.08 Å². The Morgan fingerprint density at radius 3 is 0.957 bits per heavy atom. The lowest BCUT2D eigenvalue weighted by Gasteiger charge is -2.09. The van der Waals surface area contributed by atoms with E-state index in [0.29, 0.717) is 0 Å². The zero-order valence-corrected chi connectivity index (χ0v) is 12.6. The molecule has 112 valence electrons. The van der Waals surface area contributed by atoms with Crippen LogP contribution < -0.4 is 0 Å². The van der Waals surface area contributed by atoms with Gasteiger partial charge in [0.2, 0.25) is 0 Å². The molecule has 0 amide bonds. The molecule has 0 fully saturated rings. The quantitative estimate of drug-likeness (QED) is 0.377. The highest BCUT2D eigenvalue weighted by Crippen LogP contribution is 2.34. The van der Waals surface area contributed by atoms with Gasteiger partial charge in [0.25, 0.3) is 0 Å². The van der Waals surface area contributed by atoms with Gasteiger partial charge in [-0.3, -0.25) is 0 Å². The van der Waals surface area contributed by atoms with Crippen LogP contribution in [-0.2, 0) is 4.79 Å². The third-order valence-electron chi connectivity index (χ3n) is 3.83. The minimum Gasteiger partial charge on any atom is -0.478 e. The number of carboxylic acids is 1. The minimum atomic E-state index is -0.981. The molecule has 0 heterocycles. The van der Waals surface area contributed by atoms with Crippen molar-refractivity contribution in [1.82, 2.24) is 0 Å². The Hall–Kier alpha value is -3.13. The Balaban J connectivity index is 0.000000276. The topological polar surface area (TPSA) is 37.3 Å². The van der Waals surface area contributed by atoms with Gasteiger partial charge in [-0.2, -0.15) is 0 Å². The Kier molecular flexibility index (Phi) is 4.07. The Labute approximate surface area is 134 Å². The highest BCUT2D eigenvalue weighted by Gasteiger charge is 2.06. The second-order valence-corrected chi connectivity index (χ2v) is 5.18. The summed E-state index contributed by atoms with van der Waals surface area (Å²) in [5, 5.41) is 15.6. The maximum absolute atomic E-state index is 9.25. The molecule has 4 aromatic carbocycles. The van der Waals surface area contributed by atoms with Gasteiger partial charge in [-0.15, -0.1) is 0 Å².